The van der Waals surface area contributed by atoms with E-state index in [-0.39, 0.29) is 34.1 Å². The van der Waals surface area contributed by atoms with Crippen LogP contribution in [0.15, 0.2) is 355 Å². The fourth-order valence-corrected chi connectivity index (χ4v) is 15.7. The van der Waals surface area contributed by atoms with Crippen molar-refractivity contribution >= 4 is 5.78 Å². The zero-order valence-corrected chi connectivity index (χ0v) is 83.7. The first kappa shape index (κ1) is 105. The molecule has 0 saturated heterocycles. The Hall–Kier alpha value is -18.1. The lowest BCUT2D eigenvalue weighted by molar-refractivity contribution is -0.138. The Labute approximate surface area is 860 Å². The topological polar surface area (TPSA) is 319 Å². The van der Waals surface area contributed by atoms with Gasteiger partial charge in [0.1, 0.15) is 5.78 Å². The maximum absolute atomic E-state index is 13.4. The van der Waals surface area contributed by atoms with Crippen LogP contribution >= 0.6 is 0 Å². The minimum atomic E-state index is -4.49. The van der Waals surface area contributed by atoms with E-state index in [1.807, 2.05) is 262 Å². The van der Waals surface area contributed by atoms with Gasteiger partial charge in [-0.3, -0.25) is 9.78 Å². The summed E-state index contributed by atoms with van der Waals surface area (Å²) in [4.78, 5) is 42.1. The summed E-state index contributed by atoms with van der Waals surface area (Å²) in [6.07, 6.45) is -4.55. The van der Waals surface area contributed by atoms with E-state index in [0.29, 0.717) is 168 Å². The molecule has 0 atom stereocenters. The molecular formula is C118H103F6N13O13. The molecule has 0 amide bonds. The Kier molecular flexibility index (Phi) is 34.0. The van der Waals surface area contributed by atoms with Crippen LogP contribution in [0, 0.1) is 13.8 Å². The Morgan fingerprint density at radius 2 is 0.540 bits per heavy atom. The Morgan fingerprint density at radius 3 is 0.900 bits per heavy atom. The zero-order chi connectivity index (χ0) is 105. The zero-order valence-electron chi connectivity index (χ0n) is 83.7. The van der Waals surface area contributed by atoms with Crippen molar-refractivity contribution in [3.63, 3.8) is 0 Å². The van der Waals surface area contributed by atoms with Crippen molar-refractivity contribution in [3.05, 3.63) is 367 Å². The van der Waals surface area contributed by atoms with E-state index in [4.69, 9.17) is 55.6 Å². The van der Waals surface area contributed by atoms with Crippen molar-refractivity contribution in [3.8, 4) is 194 Å². The molecule has 0 spiro atoms. The highest BCUT2D eigenvalue weighted by molar-refractivity contribution is 5.89. The second-order valence-corrected chi connectivity index (χ2v) is 34.8. The summed E-state index contributed by atoms with van der Waals surface area (Å²) in [5.74, 6) is 9.15. The number of carbonyl (C=O) groups excluding carboxylic acids is 1. The third-order valence-corrected chi connectivity index (χ3v) is 23.1. The molecule has 0 N–H and O–H groups in total. The summed E-state index contributed by atoms with van der Waals surface area (Å²) >= 11 is 0. The van der Waals surface area contributed by atoms with Gasteiger partial charge in [-0.1, -0.05) is 246 Å². The van der Waals surface area contributed by atoms with Crippen LogP contribution in [-0.2, 0) is 35.4 Å². The van der Waals surface area contributed by atoms with Gasteiger partial charge >= 0.3 is 12.4 Å². The molecule has 7 aromatic heterocycles. The molecule has 20 aromatic rings. The second-order valence-electron chi connectivity index (χ2n) is 34.8. The van der Waals surface area contributed by atoms with Crippen molar-refractivity contribution in [1.29, 1.82) is 0 Å². The fourth-order valence-electron chi connectivity index (χ4n) is 15.7. The average molecular weight is 2030 g/mol. The van der Waals surface area contributed by atoms with Gasteiger partial charge in [0.05, 0.1) is 50.8 Å². The number of alkyl halides is 6. The highest BCUT2D eigenvalue weighted by atomic mass is 19.4. The summed E-state index contributed by atoms with van der Waals surface area (Å²) < 4.78 is 146. The standard InChI is InChI=1S/C22H15F3N2O.C21H13F3N2O.C21H20N2O4.C19H20N2O3.C18H18N2O3.C17H17N3O/c1-14-7-5-6-10-19(14)20-26-21(28-27-20)17-11-16(15-8-3-2-4-9-15)12-18(13-17)22(23,24)25;22-21(23,24)18-12-16(14-7-3-1-4-8-14)11-17(13-18)20-25-19(26-27-20)15-9-5-2-6-10-15;1-3-25-18-8-7-15(12-19(18)26-4-2)21-22-20(23-27-21)14-6-5-13-10-17(24)11-16(13)9-14;1-4-22-16-11-10-14(12-17(16)23-5-2)19-20-18(21-24-19)15-9-7-6-8-13(15)3;1-3-21-15-11-10-14(12-16(15)22-4-2)18-19-17(20-23-18)13-8-6-5-7-9-13;1-17(2,3)14-6-4-5-13(11-14)16-19-15(20-21-16)12-7-9-18-10-8-12/h2-13H,1H3;1-13H;5-9,12H,3-4,10-11H2,1-2H3;6-12H,4-5H2,1-3H3;5-12H,3-4H2,1-2H3;4-11H,1-3H3. The van der Waals surface area contributed by atoms with E-state index >= 15 is 0 Å². The molecule has 1 aliphatic rings. The Bertz CT molecular complexity index is 7890. The number of ether oxygens (including phenoxy) is 6. The average Bonchev–Trinajstić information content (AvgIpc) is 1.49. The van der Waals surface area contributed by atoms with E-state index in [1.165, 1.54) is 5.56 Å². The van der Waals surface area contributed by atoms with E-state index < -0.39 is 23.5 Å². The molecule has 0 aliphatic heterocycles. The third kappa shape index (κ3) is 26.8. The van der Waals surface area contributed by atoms with Crippen LogP contribution in [0.5, 0.6) is 34.5 Å². The molecule has 32 heteroatoms. The molecule has 0 saturated carbocycles. The number of benzene rings is 13. The number of ketones is 1. The van der Waals surface area contributed by atoms with Crippen LogP contribution in [0.1, 0.15) is 101 Å². The van der Waals surface area contributed by atoms with Gasteiger partial charge in [0.2, 0.25) is 34.9 Å². The van der Waals surface area contributed by atoms with Gasteiger partial charge in [-0.2, -0.15) is 56.2 Å². The number of nitrogens with zero attached hydrogens (tertiary/aromatic N) is 13. The molecule has 21 rings (SSSR count). The van der Waals surface area contributed by atoms with Gasteiger partial charge in [-0.15, -0.1) is 0 Å². The maximum Gasteiger partial charge on any atom is 0.416 e. The summed E-state index contributed by atoms with van der Waals surface area (Å²) in [5, 5.41) is 24.1. The summed E-state index contributed by atoms with van der Waals surface area (Å²) in [6, 6.07) is 94.1. The fraction of sp³-hybridized carbons (Fsp3) is 0.186. The maximum atomic E-state index is 13.4. The summed E-state index contributed by atoms with van der Waals surface area (Å²) in [6.45, 7) is 25.4. The third-order valence-electron chi connectivity index (χ3n) is 23.1. The predicted octanol–water partition coefficient (Wildman–Crippen LogP) is 29.2. The monoisotopic (exact) mass is 2020 g/mol. The van der Waals surface area contributed by atoms with E-state index in [0.717, 1.165) is 102 Å². The van der Waals surface area contributed by atoms with Gasteiger partial charge in [0, 0.05) is 92.0 Å². The van der Waals surface area contributed by atoms with E-state index in [1.54, 1.807) is 85.2 Å². The Balaban J connectivity index is 0.000000128. The summed E-state index contributed by atoms with van der Waals surface area (Å²) in [7, 11) is 0. The molecule has 1 aliphatic carbocycles. The lowest BCUT2D eigenvalue weighted by Gasteiger charge is -2.19. The van der Waals surface area contributed by atoms with Crippen molar-refractivity contribution in [2.75, 3.05) is 39.6 Å². The van der Waals surface area contributed by atoms with E-state index in [2.05, 4.69) is 98.7 Å². The second kappa shape index (κ2) is 48.7. The number of hydrogen-bond donors (Lipinski definition) is 0. The van der Waals surface area contributed by atoms with Crippen LogP contribution < -0.4 is 28.4 Å². The molecule has 7 heterocycles. The first-order chi connectivity index (χ1) is 72.7. The quantitative estimate of drug-likeness (QED) is 0.0455. The normalized spacial score (nSPS) is 11.5. The number of hydrogen-bond acceptors (Lipinski definition) is 26. The SMILES string of the molecule is CC(C)(C)c1cccc(-c2nc(-c3ccncc3)no2)c1.CCOc1ccc(-c2nc(-c3ccc4c(c3)CC(=O)C4)no2)cc1OCC.CCOc1ccc(-c2nc(-c3ccccc3)no2)cc1OCC.CCOc1ccc(-c2nc(-c3ccccc3C)no2)cc1OCC.Cc1ccccc1-c1noc(-c2cc(-c3ccccc3)cc(C(F)(F)F)c2)n1.FC(F)(F)c1cc(-c2ccccc2)cc(-c2nc(-c3ccccc3)no2)c1. The van der Waals surface area contributed by atoms with Crippen molar-refractivity contribution in [2.24, 2.45) is 0 Å². The molecule has 0 unspecified atom stereocenters. The Morgan fingerprint density at radius 1 is 0.253 bits per heavy atom. The van der Waals surface area contributed by atoms with Gasteiger partial charge < -0.3 is 55.6 Å². The van der Waals surface area contributed by atoms with Gasteiger partial charge in [-0.25, -0.2) is 0 Å². The molecule has 0 bridgehead atoms. The highest BCUT2D eigenvalue weighted by Gasteiger charge is 2.35. The molecule has 0 fully saturated rings. The van der Waals surface area contributed by atoms with Gasteiger partial charge in [0.15, 0.2) is 34.5 Å². The number of pyridine rings is 1. The summed E-state index contributed by atoms with van der Waals surface area (Å²) in [5.41, 5.74) is 15.0. The van der Waals surface area contributed by atoms with Crippen LogP contribution in [0.3, 0.4) is 0 Å². The van der Waals surface area contributed by atoms with E-state index in [9.17, 15) is 31.1 Å². The molecular weight excluding hydrogens is 1920 g/mol. The van der Waals surface area contributed by atoms with Crippen molar-refractivity contribution < 1.29 is 86.7 Å². The number of fused-ring (bicyclic) bond motifs is 1. The number of aromatic nitrogens is 13. The number of carbonyl (C=O) groups is 1. The molecule has 150 heavy (non-hydrogen) atoms. The van der Waals surface area contributed by atoms with Gasteiger partial charge in [-0.05, 0) is 232 Å². The number of halogens is 6. The predicted molar refractivity (Wildman–Crippen MR) is 557 cm³/mol. The molecule has 0 radical (unpaired) electrons. The first-order valence-corrected chi connectivity index (χ1v) is 48.3. The van der Waals surface area contributed by atoms with Gasteiger partial charge in [0.25, 0.3) is 35.3 Å². The number of Topliss-reactive ketones (excluding diaryl/α,β-unsaturated/α-hetero) is 1. The highest BCUT2D eigenvalue weighted by Crippen LogP contribution is 2.43. The van der Waals surface area contributed by atoms with Crippen LogP contribution in [-0.4, -0.2) is 111 Å². The lowest BCUT2D eigenvalue weighted by Crippen LogP contribution is -2.10. The number of rotatable bonds is 26. The van der Waals surface area contributed by atoms with Crippen molar-refractivity contribution in [1.82, 2.24) is 65.8 Å². The lowest BCUT2D eigenvalue weighted by atomic mass is 9.86. The minimum absolute atomic E-state index is 0.0390. The van der Waals surface area contributed by atoms with Crippen LogP contribution in [0.25, 0.3) is 159 Å². The molecule has 13 aromatic carbocycles. The number of aryl methyl sites for hydroxylation is 2. The van der Waals surface area contributed by atoms with Crippen LogP contribution in [0.4, 0.5) is 26.3 Å². The van der Waals surface area contributed by atoms with Crippen LogP contribution in [0.2, 0.25) is 0 Å². The smallest absolute Gasteiger partial charge is 0.416 e. The molecule has 760 valence electrons. The minimum Gasteiger partial charge on any atom is -0.490 e. The first-order valence-electron chi connectivity index (χ1n) is 48.3. The molecule has 26 nitrogen and oxygen atoms in total. The largest absolute Gasteiger partial charge is 0.490 e. The van der Waals surface area contributed by atoms with Crippen molar-refractivity contribution in [2.45, 2.75) is 107 Å².